The third-order valence-corrected chi connectivity index (χ3v) is 3.97. The molecule has 7 heteroatoms. The van der Waals surface area contributed by atoms with Crippen molar-refractivity contribution in [3.63, 3.8) is 0 Å². The van der Waals surface area contributed by atoms with Gasteiger partial charge in [-0.2, -0.15) is 0 Å². The van der Waals surface area contributed by atoms with E-state index in [1.807, 2.05) is 49.6 Å². The standard InChI is InChI=1S/C16H23N3O2S.ClH/c1-16(2,3)21-14(20)11-19-13-8-5-4-7-12(13)18-15(19)22-10-6-9-17;/h4-5,7-8H,6,9-11,17H2,1-3H3;1H. The van der Waals surface area contributed by atoms with Gasteiger partial charge in [0.25, 0.3) is 0 Å². The zero-order valence-corrected chi connectivity index (χ0v) is 15.4. The molecule has 0 fully saturated rings. The van der Waals surface area contributed by atoms with Crippen LogP contribution >= 0.6 is 24.2 Å². The number of nitrogens with two attached hydrogens (primary N) is 1. The number of thioether (sulfide) groups is 1. The molecule has 0 unspecified atom stereocenters. The van der Waals surface area contributed by atoms with Crippen molar-refractivity contribution in [3.05, 3.63) is 24.3 Å². The van der Waals surface area contributed by atoms with Crippen LogP contribution < -0.4 is 5.73 Å². The van der Waals surface area contributed by atoms with Gasteiger partial charge in [-0.05, 0) is 45.9 Å². The fourth-order valence-corrected chi connectivity index (χ4v) is 3.04. The highest BCUT2D eigenvalue weighted by Crippen LogP contribution is 2.24. The lowest BCUT2D eigenvalue weighted by atomic mass is 10.2. The minimum absolute atomic E-state index is 0. The Balaban J connectivity index is 0.00000264. The van der Waals surface area contributed by atoms with Crippen molar-refractivity contribution < 1.29 is 9.53 Å². The molecular weight excluding hydrogens is 334 g/mol. The summed E-state index contributed by atoms with van der Waals surface area (Å²) in [5.74, 6) is 0.630. The first-order valence-electron chi connectivity index (χ1n) is 7.40. The van der Waals surface area contributed by atoms with Crippen LogP contribution in [0.5, 0.6) is 0 Å². The number of carbonyl (C=O) groups is 1. The van der Waals surface area contributed by atoms with Crippen LogP contribution in [0.1, 0.15) is 27.2 Å². The number of halogens is 1. The first-order chi connectivity index (χ1) is 10.4. The predicted octanol–water partition coefficient (Wildman–Crippen LogP) is 3.24. The van der Waals surface area contributed by atoms with Crippen molar-refractivity contribution in [3.8, 4) is 0 Å². The van der Waals surface area contributed by atoms with Crippen LogP contribution in [0, 0.1) is 0 Å². The van der Waals surface area contributed by atoms with E-state index in [1.165, 1.54) is 0 Å². The molecule has 2 aromatic rings. The summed E-state index contributed by atoms with van der Waals surface area (Å²) in [6.45, 7) is 6.43. The number of ether oxygens (including phenoxy) is 1. The van der Waals surface area contributed by atoms with E-state index in [2.05, 4.69) is 4.98 Å². The predicted molar refractivity (Wildman–Crippen MR) is 97.2 cm³/mol. The molecule has 0 aliphatic rings. The molecule has 128 valence electrons. The van der Waals surface area contributed by atoms with Gasteiger partial charge in [0.15, 0.2) is 5.16 Å². The molecule has 2 N–H and O–H groups in total. The second kappa shape index (κ2) is 8.57. The van der Waals surface area contributed by atoms with Crippen molar-refractivity contribution in [2.45, 2.75) is 44.5 Å². The molecular formula is C16H24ClN3O2S. The number of hydrogen-bond acceptors (Lipinski definition) is 5. The van der Waals surface area contributed by atoms with E-state index in [1.54, 1.807) is 11.8 Å². The van der Waals surface area contributed by atoms with Crippen LogP contribution in [-0.2, 0) is 16.1 Å². The number of nitrogens with zero attached hydrogens (tertiary/aromatic N) is 2. The molecule has 0 saturated carbocycles. The van der Waals surface area contributed by atoms with Gasteiger partial charge in [0.05, 0.1) is 11.0 Å². The Morgan fingerprint density at radius 2 is 2.04 bits per heavy atom. The number of benzene rings is 1. The average Bonchev–Trinajstić information content (AvgIpc) is 2.75. The minimum atomic E-state index is -0.486. The molecule has 1 aromatic carbocycles. The van der Waals surface area contributed by atoms with Gasteiger partial charge in [-0.1, -0.05) is 23.9 Å². The zero-order chi connectivity index (χ0) is 16.2. The molecule has 0 aliphatic carbocycles. The first-order valence-corrected chi connectivity index (χ1v) is 8.39. The number of rotatable bonds is 6. The lowest BCUT2D eigenvalue weighted by molar-refractivity contribution is -0.155. The molecule has 1 heterocycles. The summed E-state index contributed by atoms with van der Waals surface area (Å²) >= 11 is 1.62. The van der Waals surface area contributed by atoms with E-state index in [-0.39, 0.29) is 24.9 Å². The fraction of sp³-hybridized carbons (Fsp3) is 0.500. The van der Waals surface area contributed by atoms with Crippen LogP contribution in [0.15, 0.2) is 29.4 Å². The lowest BCUT2D eigenvalue weighted by Gasteiger charge is -2.20. The molecule has 0 aliphatic heterocycles. The Bertz CT molecular complexity index is 652. The van der Waals surface area contributed by atoms with Crippen molar-refractivity contribution in [1.82, 2.24) is 9.55 Å². The Hall–Kier alpha value is -1.24. The molecule has 1 aromatic heterocycles. The van der Waals surface area contributed by atoms with Crippen molar-refractivity contribution in [2.75, 3.05) is 12.3 Å². The van der Waals surface area contributed by atoms with E-state index in [0.717, 1.165) is 28.4 Å². The smallest absolute Gasteiger partial charge is 0.326 e. The number of imidazole rings is 1. The van der Waals surface area contributed by atoms with Crippen molar-refractivity contribution in [2.24, 2.45) is 5.73 Å². The Kier molecular flexibility index (Phi) is 7.38. The van der Waals surface area contributed by atoms with Crippen LogP contribution in [0.2, 0.25) is 0 Å². The quantitative estimate of drug-likeness (QED) is 0.488. The molecule has 0 atom stereocenters. The number of carbonyl (C=O) groups excluding carboxylic acids is 1. The number of fused-ring (bicyclic) bond motifs is 1. The van der Waals surface area contributed by atoms with E-state index in [4.69, 9.17) is 10.5 Å². The summed E-state index contributed by atoms with van der Waals surface area (Å²) in [7, 11) is 0. The van der Waals surface area contributed by atoms with Gasteiger partial charge in [-0.3, -0.25) is 4.79 Å². The number of aromatic nitrogens is 2. The molecule has 0 saturated heterocycles. The summed E-state index contributed by atoms with van der Waals surface area (Å²) in [5.41, 5.74) is 6.89. The van der Waals surface area contributed by atoms with Gasteiger partial charge in [0.2, 0.25) is 0 Å². The maximum atomic E-state index is 12.2. The maximum absolute atomic E-state index is 12.2. The molecule has 0 radical (unpaired) electrons. The molecule has 23 heavy (non-hydrogen) atoms. The minimum Gasteiger partial charge on any atom is -0.459 e. The highest BCUT2D eigenvalue weighted by molar-refractivity contribution is 7.99. The molecule has 5 nitrogen and oxygen atoms in total. The topological polar surface area (TPSA) is 70.1 Å². The van der Waals surface area contributed by atoms with E-state index in [0.29, 0.717) is 6.54 Å². The number of esters is 1. The number of para-hydroxylation sites is 2. The summed E-state index contributed by atoms with van der Waals surface area (Å²) in [6.07, 6.45) is 0.917. The molecule has 2 rings (SSSR count). The van der Waals surface area contributed by atoms with Crippen LogP contribution in [0.3, 0.4) is 0 Å². The number of hydrogen-bond donors (Lipinski definition) is 1. The average molecular weight is 358 g/mol. The lowest BCUT2D eigenvalue weighted by Crippen LogP contribution is -2.26. The highest BCUT2D eigenvalue weighted by Gasteiger charge is 2.19. The zero-order valence-electron chi connectivity index (χ0n) is 13.7. The van der Waals surface area contributed by atoms with E-state index >= 15 is 0 Å². The van der Waals surface area contributed by atoms with Crippen LogP contribution in [-0.4, -0.2) is 33.4 Å². The van der Waals surface area contributed by atoms with Crippen LogP contribution in [0.4, 0.5) is 0 Å². The van der Waals surface area contributed by atoms with Gasteiger partial charge in [-0.25, -0.2) is 4.98 Å². The SMILES string of the molecule is CC(C)(C)OC(=O)Cn1c(SCCCN)nc2ccccc21.Cl. The van der Waals surface area contributed by atoms with Gasteiger partial charge < -0.3 is 15.0 Å². The largest absolute Gasteiger partial charge is 0.459 e. The third kappa shape index (κ3) is 5.71. The first kappa shape index (κ1) is 19.8. The summed E-state index contributed by atoms with van der Waals surface area (Å²) < 4.78 is 7.35. The summed E-state index contributed by atoms with van der Waals surface area (Å²) in [4.78, 5) is 16.8. The third-order valence-electron chi connectivity index (χ3n) is 2.91. The van der Waals surface area contributed by atoms with Gasteiger partial charge in [0, 0.05) is 5.75 Å². The second-order valence-corrected chi connectivity index (χ2v) is 7.11. The van der Waals surface area contributed by atoms with E-state index < -0.39 is 5.60 Å². The van der Waals surface area contributed by atoms with Gasteiger partial charge in [-0.15, -0.1) is 12.4 Å². The Morgan fingerprint density at radius 3 is 2.70 bits per heavy atom. The van der Waals surface area contributed by atoms with Gasteiger partial charge >= 0.3 is 5.97 Å². The fourth-order valence-electron chi connectivity index (χ4n) is 2.07. The molecule has 0 bridgehead atoms. The van der Waals surface area contributed by atoms with Crippen molar-refractivity contribution in [1.29, 1.82) is 0 Å². The second-order valence-electron chi connectivity index (χ2n) is 6.05. The van der Waals surface area contributed by atoms with Gasteiger partial charge in [0.1, 0.15) is 12.1 Å². The monoisotopic (exact) mass is 357 g/mol. The normalized spacial score (nSPS) is 11.3. The maximum Gasteiger partial charge on any atom is 0.326 e. The highest BCUT2D eigenvalue weighted by atomic mass is 35.5. The molecule has 0 spiro atoms. The summed E-state index contributed by atoms with van der Waals surface area (Å²) in [6, 6.07) is 7.82. The van der Waals surface area contributed by atoms with Crippen LogP contribution in [0.25, 0.3) is 11.0 Å². The van der Waals surface area contributed by atoms with Crippen molar-refractivity contribution >= 4 is 41.2 Å². The molecule has 0 amide bonds. The van der Waals surface area contributed by atoms with E-state index in [9.17, 15) is 4.79 Å². The Labute approximate surface area is 147 Å². The Morgan fingerprint density at radius 1 is 1.35 bits per heavy atom. The summed E-state index contributed by atoms with van der Waals surface area (Å²) in [5, 5.41) is 0.834.